The Morgan fingerprint density at radius 3 is 2.96 bits per heavy atom. The van der Waals surface area contributed by atoms with E-state index in [4.69, 9.17) is 4.74 Å². The molecule has 1 fully saturated rings. The molecular weight excluding hydrogens is 339 g/mol. The molecule has 0 saturated carbocycles. The minimum atomic E-state index is -0.348. The summed E-state index contributed by atoms with van der Waals surface area (Å²) in [6.07, 6.45) is -0.297. The van der Waals surface area contributed by atoms with E-state index in [1.807, 2.05) is 6.92 Å². The van der Waals surface area contributed by atoms with Crippen LogP contribution in [0.2, 0.25) is 0 Å². The van der Waals surface area contributed by atoms with Gasteiger partial charge in [0, 0.05) is 18.2 Å². The summed E-state index contributed by atoms with van der Waals surface area (Å²) in [5.74, 6) is 0.716. The summed E-state index contributed by atoms with van der Waals surface area (Å²) in [6, 6.07) is 9.67. The highest BCUT2D eigenvalue weighted by Gasteiger charge is 2.23. The number of carbonyl (C=O) groups is 1. The topological polar surface area (TPSA) is 84.6 Å². The molecule has 3 aromatic rings. The van der Waals surface area contributed by atoms with Gasteiger partial charge in [-0.2, -0.15) is 4.52 Å². The van der Waals surface area contributed by atoms with Gasteiger partial charge in [-0.15, -0.1) is 15.3 Å². The summed E-state index contributed by atoms with van der Waals surface area (Å²) in [5.41, 5.74) is 1.15. The molecule has 1 saturated heterocycles. The van der Waals surface area contributed by atoms with E-state index in [-0.39, 0.29) is 18.0 Å². The predicted octanol–water partition coefficient (Wildman–Crippen LogP) is 2.18. The van der Waals surface area contributed by atoms with Crippen LogP contribution < -0.4 is 5.32 Å². The van der Waals surface area contributed by atoms with Crippen molar-refractivity contribution in [1.29, 1.82) is 0 Å². The first-order valence-corrected chi connectivity index (χ1v) is 8.27. The Morgan fingerprint density at radius 2 is 2.19 bits per heavy atom. The number of hydrogen-bond donors (Lipinski definition) is 1. The number of rotatable bonds is 5. The first-order chi connectivity index (χ1) is 12.6. The molecule has 0 bridgehead atoms. The first-order valence-electron chi connectivity index (χ1n) is 8.27. The molecule has 0 spiro atoms. The zero-order valence-corrected chi connectivity index (χ0v) is 14.1. The number of carbonyl (C=O) groups excluding carboxylic acids is 1. The van der Waals surface area contributed by atoms with Gasteiger partial charge in [0.05, 0.1) is 6.54 Å². The SMILES string of the molecule is CC(CN1CCOC1=O)Nc1ccc2nnc(-c3cccc(F)c3)n2n1. The molecule has 0 aliphatic carbocycles. The monoisotopic (exact) mass is 356 g/mol. The highest BCUT2D eigenvalue weighted by atomic mass is 19.1. The maximum Gasteiger partial charge on any atom is 0.410 e. The van der Waals surface area contributed by atoms with Crippen LogP contribution in [0.15, 0.2) is 36.4 Å². The Labute approximate surface area is 148 Å². The number of hydrogen-bond acceptors (Lipinski definition) is 6. The van der Waals surface area contributed by atoms with Crippen molar-refractivity contribution in [1.82, 2.24) is 24.7 Å². The van der Waals surface area contributed by atoms with E-state index in [1.54, 1.807) is 33.7 Å². The number of anilines is 1. The second kappa shape index (κ2) is 6.58. The Kier molecular flexibility index (Phi) is 4.11. The van der Waals surface area contributed by atoms with Crippen molar-refractivity contribution < 1.29 is 13.9 Å². The number of nitrogens with one attached hydrogen (secondary N) is 1. The van der Waals surface area contributed by atoms with Crippen molar-refractivity contribution in [3.63, 3.8) is 0 Å². The second-order valence-corrected chi connectivity index (χ2v) is 6.13. The molecule has 8 nitrogen and oxygen atoms in total. The lowest BCUT2D eigenvalue weighted by molar-refractivity contribution is 0.158. The lowest BCUT2D eigenvalue weighted by Gasteiger charge is -2.20. The number of ether oxygens (including phenoxy) is 1. The molecular formula is C17H17FN6O2. The molecule has 1 atom stereocenters. The fraction of sp³-hybridized carbons (Fsp3) is 0.294. The zero-order chi connectivity index (χ0) is 18.1. The number of amides is 1. The highest BCUT2D eigenvalue weighted by molar-refractivity contribution is 5.69. The lowest BCUT2D eigenvalue weighted by Crippen LogP contribution is -2.35. The highest BCUT2D eigenvalue weighted by Crippen LogP contribution is 2.19. The third-order valence-corrected chi connectivity index (χ3v) is 4.08. The zero-order valence-electron chi connectivity index (χ0n) is 14.1. The minimum absolute atomic E-state index is 0.0281. The van der Waals surface area contributed by atoms with Gasteiger partial charge in [0.1, 0.15) is 18.2 Å². The smallest absolute Gasteiger partial charge is 0.410 e. The quantitative estimate of drug-likeness (QED) is 0.754. The summed E-state index contributed by atoms with van der Waals surface area (Å²) >= 11 is 0. The lowest BCUT2D eigenvalue weighted by atomic mass is 10.2. The van der Waals surface area contributed by atoms with Crippen LogP contribution in [0.3, 0.4) is 0 Å². The number of cyclic esters (lactones) is 1. The van der Waals surface area contributed by atoms with Crippen LogP contribution in [-0.4, -0.2) is 56.5 Å². The Balaban J connectivity index is 1.57. The van der Waals surface area contributed by atoms with Gasteiger partial charge >= 0.3 is 6.09 Å². The maximum atomic E-state index is 13.5. The molecule has 1 unspecified atom stereocenters. The fourth-order valence-electron chi connectivity index (χ4n) is 2.89. The van der Waals surface area contributed by atoms with E-state index < -0.39 is 0 Å². The average Bonchev–Trinajstić information content (AvgIpc) is 3.21. The van der Waals surface area contributed by atoms with Gasteiger partial charge in [0.2, 0.25) is 0 Å². The van der Waals surface area contributed by atoms with Crippen molar-refractivity contribution in [2.45, 2.75) is 13.0 Å². The van der Waals surface area contributed by atoms with Crippen LogP contribution in [-0.2, 0) is 4.74 Å². The molecule has 26 heavy (non-hydrogen) atoms. The predicted molar refractivity (Wildman–Crippen MR) is 92.2 cm³/mol. The van der Waals surface area contributed by atoms with E-state index >= 15 is 0 Å². The minimum Gasteiger partial charge on any atom is -0.448 e. The molecule has 0 radical (unpaired) electrons. The number of benzene rings is 1. The van der Waals surface area contributed by atoms with Gasteiger partial charge in [-0.1, -0.05) is 12.1 Å². The van der Waals surface area contributed by atoms with Gasteiger partial charge in [-0.05, 0) is 31.2 Å². The van der Waals surface area contributed by atoms with E-state index in [2.05, 4.69) is 20.6 Å². The largest absolute Gasteiger partial charge is 0.448 e. The van der Waals surface area contributed by atoms with Crippen molar-refractivity contribution in [3.8, 4) is 11.4 Å². The Morgan fingerprint density at radius 1 is 1.31 bits per heavy atom. The van der Waals surface area contributed by atoms with Crippen LogP contribution in [0.4, 0.5) is 15.0 Å². The van der Waals surface area contributed by atoms with Crippen LogP contribution in [0.5, 0.6) is 0 Å². The Hall–Kier alpha value is -3.23. The summed E-state index contributed by atoms with van der Waals surface area (Å²) in [6.45, 7) is 3.48. The van der Waals surface area contributed by atoms with Crippen LogP contribution in [0.1, 0.15) is 6.92 Å². The molecule has 9 heteroatoms. The number of fused-ring (bicyclic) bond motifs is 1. The molecule has 3 heterocycles. The Bertz CT molecular complexity index is 959. The van der Waals surface area contributed by atoms with E-state index in [9.17, 15) is 9.18 Å². The first kappa shape index (κ1) is 16.2. The standard InChI is InChI=1S/C17H17FN6O2/c1-11(10-23-7-8-26-17(23)25)19-14-5-6-15-20-21-16(24(15)22-14)12-3-2-4-13(18)9-12/h2-6,9,11H,7-8,10H2,1H3,(H,19,22). The van der Waals surface area contributed by atoms with Gasteiger partial charge in [-0.3, -0.25) is 0 Å². The van der Waals surface area contributed by atoms with Gasteiger partial charge in [-0.25, -0.2) is 9.18 Å². The van der Waals surface area contributed by atoms with E-state index in [0.29, 0.717) is 42.5 Å². The maximum absolute atomic E-state index is 13.5. The fourth-order valence-corrected chi connectivity index (χ4v) is 2.89. The normalized spacial score (nSPS) is 15.3. The molecule has 1 aliphatic rings. The molecule has 134 valence electrons. The second-order valence-electron chi connectivity index (χ2n) is 6.13. The molecule has 4 rings (SSSR count). The summed E-state index contributed by atoms with van der Waals surface area (Å²) < 4.78 is 20.0. The van der Waals surface area contributed by atoms with Gasteiger partial charge in [0.25, 0.3) is 0 Å². The molecule has 1 N–H and O–H groups in total. The molecule has 2 aromatic heterocycles. The van der Waals surface area contributed by atoms with E-state index in [0.717, 1.165) is 0 Å². The molecule has 1 aliphatic heterocycles. The van der Waals surface area contributed by atoms with Crippen LogP contribution in [0, 0.1) is 5.82 Å². The third kappa shape index (κ3) is 3.15. The molecule has 1 amide bonds. The molecule has 1 aromatic carbocycles. The van der Waals surface area contributed by atoms with Gasteiger partial charge < -0.3 is 15.0 Å². The van der Waals surface area contributed by atoms with Crippen molar-refractivity contribution in [3.05, 3.63) is 42.2 Å². The van der Waals surface area contributed by atoms with Crippen molar-refractivity contribution in [2.24, 2.45) is 0 Å². The summed E-state index contributed by atoms with van der Waals surface area (Å²) in [4.78, 5) is 13.2. The summed E-state index contributed by atoms with van der Waals surface area (Å²) in [7, 11) is 0. The van der Waals surface area contributed by atoms with Crippen LogP contribution in [0.25, 0.3) is 17.0 Å². The van der Waals surface area contributed by atoms with E-state index in [1.165, 1.54) is 12.1 Å². The summed E-state index contributed by atoms with van der Waals surface area (Å²) in [5, 5.41) is 15.9. The van der Waals surface area contributed by atoms with Crippen LogP contribution >= 0.6 is 0 Å². The number of aromatic nitrogens is 4. The number of nitrogens with zero attached hydrogens (tertiary/aromatic N) is 5. The van der Waals surface area contributed by atoms with Crippen molar-refractivity contribution >= 4 is 17.6 Å². The van der Waals surface area contributed by atoms with Crippen molar-refractivity contribution in [2.75, 3.05) is 25.0 Å². The number of halogens is 1. The average molecular weight is 356 g/mol. The van der Waals surface area contributed by atoms with Gasteiger partial charge in [0.15, 0.2) is 11.5 Å². The third-order valence-electron chi connectivity index (χ3n) is 4.08.